The van der Waals surface area contributed by atoms with Crippen LogP contribution >= 0.6 is 0 Å². The van der Waals surface area contributed by atoms with Crippen molar-refractivity contribution in [3.05, 3.63) is 29.8 Å². The van der Waals surface area contributed by atoms with Crippen LogP contribution in [0.5, 0.6) is 0 Å². The van der Waals surface area contributed by atoms with Gasteiger partial charge in [0.2, 0.25) is 0 Å². The van der Waals surface area contributed by atoms with Gasteiger partial charge in [-0.05, 0) is 31.4 Å². The molecule has 106 valence electrons. The topological polar surface area (TPSA) is 91.0 Å². The lowest BCUT2D eigenvalue weighted by atomic mass is 10.1. The molecule has 2 N–H and O–H groups in total. The summed E-state index contributed by atoms with van der Waals surface area (Å²) in [4.78, 5) is 16.5. The Morgan fingerprint density at radius 2 is 2.43 bits per heavy atom. The first-order valence-corrected chi connectivity index (χ1v) is 7.06. The minimum atomic E-state index is -0.193. The number of nitrogens with one attached hydrogen (secondary N) is 2. The fourth-order valence-electron chi connectivity index (χ4n) is 3.40. The highest BCUT2D eigenvalue weighted by Crippen LogP contribution is 2.31. The van der Waals surface area contributed by atoms with Gasteiger partial charge in [-0.25, -0.2) is 4.98 Å². The van der Waals surface area contributed by atoms with Crippen molar-refractivity contribution in [3.63, 3.8) is 0 Å². The molecule has 21 heavy (non-hydrogen) atoms. The summed E-state index contributed by atoms with van der Waals surface area (Å²) in [6.45, 7) is 1.06. The van der Waals surface area contributed by atoms with Gasteiger partial charge in [0.1, 0.15) is 18.0 Å². The van der Waals surface area contributed by atoms with Crippen molar-refractivity contribution in [2.45, 2.75) is 24.9 Å². The Hall–Kier alpha value is -2.39. The number of hydrogen-bond donors (Lipinski definition) is 2. The van der Waals surface area contributed by atoms with Gasteiger partial charge >= 0.3 is 0 Å². The summed E-state index contributed by atoms with van der Waals surface area (Å²) >= 11 is 0. The summed E-state index contributed by atoms with van der Waals surface area (Å²) in [6, 6.07) is 4.22. The average Bonchev–Trinajstić information content (AvgIpc) is 3.21. The van der Waals surface area contributed by atoms with Crippen molar-refractivity contribution in [3.8, 4) is 6.07 Å². The normalized spacial score (nSPS) is 26.9. The Labute approximate surface area is 121 Å². The van der Waals surface area contributed by atoms with Crippen molar-refractivity contribution in [2.24, 2.45) is 5.92 Å². The number of furan rings is 1. The second-order valence-electron chi connectivity index (χ2n) is 5.76. The molecule has 1 aliphatic carbocycles. The second-order valence-corrected chi connectivity index (χ2v) is 5.76. The van der Waals surface area contributed by atoms with Crippen LogP contribution in [0.2, 0.25) is 0 Å². The van der Waals surface area contributed by atoms with Crippen molar-refractivity contribution in [2.75, 3.05) is 6.54 Å². The first kappa shape index (κ1) is 12.4. The Kier molecular flexibility index (Phi) is 2.69. The molecule has 4 rings (SSSR count). The second kappa shape index (κ2) is 4.57. The summed E-state index contributed by atoms with van der Waals surface area (Å²) in [7, 11) is 0. The van der Waals surface area contributed by atoms with Crippen molar-refractivity contribution in [1.29, 1.82) is 5.26 Å². The fraction of sp³-hybridized carbons (Fsp3) is 0.400. The molecule has 6 heteroatoms. The SMILES string of the molecule is N#Cc1coc2cnc(C(=O)NC3CC4CNC3C4)cc12. The number of rotatable bonds is 2. The number of piperidine rings is 1. The molecule has 3 unspecified atom stereocenters. The number of carbonyl (C=O) groups is 1. The molecule has 2 aliphatic rings. The van der Waals surface area contributed by atoms with E-state index in [0.29, 0.717) is 34.2 Å². The standard InChI is InChI=1S/C15H14N4O2/c16-4-9-7-21-14-6-18-13(3-10(9)14)15(20)19-12-2-8-1-11(12)17-5-8/h3,6-8,11-12,17H,1-2,5H2,(H,19,20). The van der Waals surface area contributed by atoms with Gasteiger partial charge in [0.05, 0.1) is 11.8 Å². The van der Waals surface area contributed by atoms with Crippen LogP contribution in [0.15, 0.2) is 22.9 Å². The van der Waals surface area contributed by atoms with E-state index in [0.717, 1.165) is 19.4 Å². The molecule has 0 aromatic carbocycles. The third kappa shape index (κ3) is 1.98. The third-order valence-electron chi connectivity index (χ3n) is 4.46. The largest absolute Gasteiger partial charge is 0.461 e. The van der Waals surface area contributed by atoms with E-state index in [1.54, 1.807) is 6.07 Å². The number of aromatic nitrogens is 1. The monoisotopic (exact) mass is 282 g/mol. The average molecular weight is 282 g/mol. The van der Waals surface area contributed by atoms with Crippen LogP contribution in [0.1, 0.15) is 28.9 Å². The van der Waals surface area contributed by atoms with Crippen LogP contribution in [0.3, 0.4) is 0 Å². The smallest absolute Gasteiger partial charge is 0.270 e. The molecular weight excluding hydrogens is 268 g/mol. The first-order chi connectivity index (χ1) is 10.2. The van der Waals surface area contributed by atoms with Gasteiger partial charge in [-0.2, -0.15) is 5.26 Å². The summed E-state index contributed by atoms with van der Waals surface area (Å²) in [6.07, 6.45) is 5.04. The number of fused-ring (bicyclic) bond motifs is 3. The zero-order valence-electron chi connectivity index (χ0n) is 11.3. The van der Waals surface area contributed by atoms with Crippen LogP contribution in [-0.4, -0.2) is 29.5 Å². The quantitative estimate of drug-likeness (QED) is 0.863. The van der Waals surface area contributed by atoms with Gasteiger partial charge in [0.25, 0.3) is 5.91 Å². The van der Waals surface area contributed by atoms with Gasteiger partial charge in [-0.1, -0.05) is 0 Å². The Bertz CT molecular complexity index is 761. The fourth-order valence-corrected chi connectivity index (χ4v) is 3.40. The van der Waals surface area contributed by atoms with E-state index in [-0.39, 0.29) is 11.9 Å². The van der Waals surface area contributed by atoms with E-state index in [4.69, 9.17) is 9.68 Å². The molecule has 2 fully saturated rings. The maximum absolute atomic E-state index is 12.3. The van der Waals surface area contributed by atoms with Crippen LogP contribution in [-0.2, 0) is 0 Å². The molecule has 2 aromatic heterocycles. The van der Waals surface area contributed by atoms with Crippen LogP contribution in [0.4, 0.5) is 0 Å². The van der Waals surface area contributed by atoms with Gasteiger partial charge in [-0.15, -0.1) is 0 Å². The lowest BCUT2D eigenvalue weighted by Gasteiger charge is -2.23. The Balaban J connectivity index is 1.58. The molecule has 0 spiro atoms. The number of nitrogens with zero attached hydrogens (tertiary/aromatic N) is 2. The predicted octanol–water partition coefficient (Wildman–Crippen LogP) is 1.18. The molecule has 3 atom stereocenters. The van der Waals surface area contributed by atoms with E-state index < -0.39 is 0 Å². The number of amides is 1. The molecule has 1 amide bonds. The van der Waals surface area contributed by atoms with E-state index >= 15 is 0 Å². The molecule has 2 bridgehead atoms. The number of carbonyl (C=O) groups excluding carboxylic acids is 1. The van der Waals surface area contributed by atoms with E-state index in [9.17, 15) is 4.79 Å². The van der Waals surface area contributed by atoms with Crippen molar-refractivity contribution >= 4 is 16.9 Å². The molecule has 2 aromatic rings. The maximum atomic E-state index is 12.3. The highest BCUT2D eigenvalue weighted by atomic mass is 16.3. The van der Waals surface area contributed by atoms with Crippen molar-refractivity contribution < 1.29 is 9.21 Å². The number of hydrogen-bond acceptors (Lipinski definition) is 5. The minimum absolute atomic E-state index is 0.175. The summed E-state index contributed by atoms with van der Waals surface area (Å²) < 4.78 is 5.22. The highest BCUT2D eigenvalue weighted by molar-refractivity contribution is 5.96. The van der Waals surface area contributed by atoms with E-state index in [1.165, 1.54) is 12.5 Å². The lowest BCUT2D eigenvalue weighted by molar-refractivity contribution is 0.0923. The predicted molar refractivity (Wildman–Crippen MR) is 74.5 cm³/mol. The molecule has 1 aliphatic heterocycles. The molecule has 3 heterocycles. The molecule has 1 saturated carbocycles. The number of nitriles is 1. The van der Waals surface area contributed by atoms with Gasteiger partial charge in [0, 0.05) is 17.5 Å². The highest BCUT2D eigenvalue weighted by Gasteiger charge is 2.40. The van der Waals surface area contributed by atoms with Gasteiger partial charge in [0.15, 0.2) is 5.58 Å². The summed E-state index contributed by atoms with van der Waals surface area (Å²) in [5, 5.41) is 16.1. The van der Waals surface area contributed by atoms with Crippen LogP contribution in [0, 0.1) is 17.2 Å². The van der Waals surface area contributed by atoms with Crippen molar-refractivity contribution in [1.82, 2.24) is 15.6 Å². The maximum Gasteiger partial charge on any atom is 0.270 e. The zero-order chi connectivity index (χ0) is 14.4. The van der Waals surface area contributed by atoms with Crippen LogP contribution in [0.25, 0.3) is 11.0 Å². The third-order valence-corrected chi connectivity index (χ3v) is 4.46. The van der Waals surface area contributed by atoms with Gasteiger partial charge in [-0.3, -0.25) is 4.79 Å². The molecule has 0 radical (unpaired) electrons. The van der Waals surface area contributed by atoms with E-state index in [1.807, 2.05) is 6.07 Å². The summed E-state index contributed by atoms with van der Waals surface area (Å²) in [5.74, 6) is 0.483. The zero-order valence-corrected chi connectivity index (χ0v) is 11.3. The lowest BCUT2D eigenvalue weighted by Crippen LogP contribution is -2.48. The van der Waals surface area contributed by atoms with Gasteiger partial charge < -0.3 is 15.1 Å². The number of pyridine rings is 1. The Morgan fingerprint density at radius 3 is 3.14 bits per heavy atom. The molecular formula is C15H14N4O2. The van der Waals surface area contributed by atoms with E-state index in [2.05, 4.69) is 15.6 Å². The first-order valence-electron chi connectivity index (χ1n) is 7.06. The van der Waals surface area contributed by atoms with Crippen LogP contribution < -0.4 is 10.6 Å². The summed E-state index contributed by atoms with van der Waals surface area (Å²) in [5.41, 5.74) is 1.26. The minimum Gasteiger partial charge on any atom is -0.461 e. The molecule has 6 nitrogen and oxygen atoms in total. The Morgan fingerprint density at radius 1 is 1.52 bits per heavy atom. The molecule has 1 saturated heterocycles.